The molecule has 0 unspecified atom stereocenters. The first-order valence-corrected chi connectivity index (χ1v) is 10.7. The second-order valence-corrected chi connectivity index (χ2v) is 8.42. The van der Waals surface area contributed by atoms with Crippen LogP contribution in [0.5, 0.6) is 0 Å². The van der Waals surface area contributed by atoms with Crippen molar-refractivity contribution in [3.05, 3.63) is 51.2 Å². The third-order valence-corrected chi connectivity index (χ3v) is 6.57. The van der Waals surface area contributed by atoms with Crippen LogP contribution in [0.4, 0.5) is 5.82 Å². The minimum absolute atomic E-state index is 0.725. The number of nitrogens with zero attached hydrogens (tertiary/aromatic N) is 4. The van der Waals surface area contributed by atoms with Crippen molar-refractivity contribution >= 4 is 17.2 Å². The maximum Gasteiger partial charge on any atom is 0.180 e. The van der Waals surface area contributed by atoms with E-state index >= 15 is 0 Å². The first kappa shape index (κ1) is 16.8. The fourth-order valence-corrected chi connectivity index (χ4v) is 5.14. The van der Waals surface area contributed by atoms with E-state index in [1.165, 1.54) is 46.1 Å². The first-order chi connectivity index (χ1) is 13.4. The number of pyridine rings is 1. The van der Waals surface area contributed by atoms with Crippen LogP contribution in [0, 0.1) is 0 Å². The van der Waals surface area contributed by atoms with E-state index in [-0.39, 0.29) is 0 Å². The highest BCUT2D eigenvalue weighted by atomic mass is 32.1. The van der Waals surface area contributed by atoms with Gasteiger partial charge in [-0.25, -0.2) is 15.0 Å². The molecule has 2 aliphatic carbocycles. The maximum atomic E-state index is 4.86. The van der Waals surface area contributed by atoms with Crippen LogP contribution in [0.1, 0.15) is 46.1 Å². The van der Waals surface area contributed by atoms with Gasteiger partial charge in [-0.3, -0.25) is 4.98 Å². The quantitative estimate of drug-likeness (QED) is 0.728. The third kappa shape index (κ3) is 3.46. The Hall–Kier alpha value is -2.34. The molecular formula is C21H23N5S. The minimum atomic E-state index is 0.725. The number of aryl methyl sites for hydroxylation is 3. The van der Waals surface area contributed by atoms with Crippen molar-refractivity contribution in [2.75, 3.05) is 11.9 Å². The van der Waals surface area contributed by atoms with Gasteiger partial charge in [-0.15, -0.1) is 11.3 Å². The molecule has 0 saturated heterocycles. The highest BCUT2D eigenvalue weighted by molar-refractivity contribution is 7.11. The topological polar surface area (TPSA) is 63.6 Å². The lowest BCUT2D eigenvalue weighted by Crippen LogP contribution is -2.10. The Morgan fingerprint density at radius 3 is 2.74 bits per heavy atom. The van der Waals surface area contributed by atoms with Crippen LogP contribution in [-0.2, 0) is 32.1 Å². The van der Waals surface area contributed by atoms with Gasteiger partial charge in [0.2, 0.25) is 0 Å². The second-order valence-electron chi connectivity index (χ2n) is 7.25. The number of rotatable bonds is 5. The van der Waals surface area contributed by atoms with Gasteiger partial charge < -0.3 is 5.32 Å². The van der Waals surface area contributed by atoms with E-state index in [2.05, 4.69) is 10.3 Å². The van der Waals surface area contributed by atoms with Gasteiger partial charge in [0, 0.05) is 35.3 Å². The molecule has 27 heavy (non-hydrogen) atoms. The Balaban J connectivity index is 1.34. The molecule has 0 atom stereocenters. The van der Waals surface area contributed by atoms with E-state index in [1.54, 1.807) is 6.20 Å². The highest BCUT2D eigenvalue weighted by Crippen LogP contribution is 2.29. The number of anilines is 1. The molecule has 0 spiro atoms. The normalized spacial score (nSPS) is 15.4. The average Bonchev–Trinajstić information content (AvgIpc) is 3.35. The van der Waals surface area contributed by atoms with E-state index in [0.29, 0.717) is 0 Å². The van der Waals surface area contributed by atoms with Crippen molar-refractivity contribution in [1.82, 2.24) is 19.9 Å². The monoisotopic (exact) mass is 377 g/mol. The van der Waals surface area contributed by atoms with Gasteiger partial charge >= 0.3 is 0 Å². The van der Waals surface area contributed by atoms with Crippen LogP contribution in [0.15, 0.2) is 24.4 Å². The molecule has 0 amide bonds. The zero-order valence-electron chi connectivity index (χ0n) is 15.4. The van der Waals surface area contributed by atoms with Crippen LogP contribution >= 0.6 is 11.3 Å². The smallest absolute Gasteiger partial charge is 0.180 e. The zero-order chi connectivity index (χ0) is 18.1. The predicted octanol–water partition coefficient (Wildman–Crippen LogP) is 4.02. The van der Waals surface area contributed by atoms with Crippen molar-refractivity contribution in [2.45, 2.75) is 51.4 Å². The molecule has 3 heterocycles. The average molecular weight is 378 g/mol. The molecule has 0 aliphatic heterocycles. The second kappa shape index (κ2) is 7.35. The van der Waals surface area contributed by atoms with Crippen LogP contribution in [0.25, 0.3) is 11.5 Å². The standard InChI is InChI=1S/C21H23N5S/c1-2-10-18-16(7-1)24-19(27-18)11-13-23-20-14-6-5-9-15(14)25-21(26-20)17-8-3-4-12-22-17/h3-4,8,12H,1-2,5-7,9-11,13H2,(H,23,25,26). The first-order valence-electron chi connectivity index (χ1n) is 9.89. The fraction of sp³-hybridized carbons (Fsp3) is 0.429. The van der Waals surface area contributed by atoms with E-state index in [9.17, 15) is 0 Å². The molecule has 3 aromatic rings. The molecule has 0 radical (unpaired) electrons. The molecule has 0 saturated carbocycles. The van der Waals surface area contributed by atoms with E-state index in [0.717, 1.165) is 56.0 Å². The molecule has 3 aromatic heterocycles. The van der Waals surface area contributed by atoms with Gasteiger partial charge in [0.25, 0.3) is 0 Å². The SMILES string of the molecule is c1ccc(-c2nc3c(c(NCCc4nc5c(s4)CCCC5)n2)CCC3)nc1. The van der Waals surface area contributed by atoms with Crippen molar-refractivity contribution in [2.24, 2.45) is 0 Å². The molecule has 0 aromatic carbocycles. The summed E-state index contributed by atoms with van der Waals surface area (Å²) in [5.74, 6) is 1.71. The maximum absolute atomic E-state index is 4.86. The molecule has 5 nitrogen and oxygen atoms in total. The molecule has 1 N–H and O–H groups in total. The zero-order valence-corrected chi connectivity index (χ0v) is 16.2. The molecule has 138 valence electrons. The van der Waals surface area contributed by atoms with Crippen molar-refractivity contribution in [3.63, 3.8) is 0 Å². The lowest BCUT2D eigenvalue weighted by atomic mass is 10.0. The fourth-order valence-electron chi connectivity index (χ4n) is 3.99. The van der Waals surface area contributed by atoms with Crippen LogP contribution in [0.2, 0.25) is 0 Å². The molecular weight excluding hydrogens is 354 g/mol. The van der Waals surface area contributed by atoms with Crippen LogP contribution in [-0.4, -0.2) is 26.5 Å². The number of nitrogens with one attached hydrogen (secondary N) is 1. The number of hydrogen-bond acceptors (Lipinski definition) is 6. The Morgan fingerprint density at radius 1 is 0.926 bits per heavy atom. The Labute approximate surface area is 163 Å². The van der Waals surface area contributed by atoms with E-state index in [1.807, 2.05) is 29.5 Å². The van der Waals surface area contributed by atoms with Gasteiger partial charge in [-0.05, 0) is 57.1 Å². The number of thiazole rings is 1. The van der Waals surface area contributed by atoms with Crippen molar-refractivity contribution in [3.8, 4) is 11.5 Å². The lowest BCUT2D eigenvalue weighted by Gasteiger charge is -2.11. The van der Waals surface area contributed by atoms with E-state index < -0.39 is 0 Å². The van der Waals surface area contributed by atoms with Crippen molar-refractivity contribution < 1.29 is 0 Å². The van der Waals surface area contributed by atoms with Crippen LogP contribution in [0.3, 0.4) is 0 Å². The molecule has 0 fully saturated rings. The summed E-state index contributed by atoms with van der Waals surface area (Å²) in [6.07, 6.45) is 11.0. The van der Waals surface area contributed by atoms with Crippen molar-refractivity contribution in [1.29, 1.82) is 0 Å². The van der Waals surface area contributed by atoms with Gasteiger partial charge in [-0.1, -0.05) is 6.07 Å². The number of aromatic nitrogens is 4. The summed E-state index contributed by atoms with van der Waals surface area (Å²) >= 11 is 1.90. The predicted molar refractivity (Wildman–Crippen MR) is 108 cm³/mol. The summed E-state index contributed by atoms with van der Waals surface area (Å²) in [5, 5.41) is 4.83. The summed E-state index contributed by atoms with van der Waals surface area (Å²) in [5.41, 5.74) is 4.65. The largest absolute Gasteiger partial charge is 0.369 e. The van der Waals surface area contributed by atoms with E-state index in [4.69, 9.17) is 15.0 Å². The highest BCUT2D eigenvalue weighted by Gasteiger charge is 2.20. The molecule has 6 heteroatoms. The summed E-state index contributed by atoms with van der Waals surface area (Å²) in [6.45, 7) is 0.859. The Morgan fingerprint density at radius 2 is 1.85 bits per heavy atom. The summed E-state index contributed by atoms with van der Waals surface area (Å²) < 4.78 is 0. The number of fused-ring (bicyclic) bond motifs is 2. The van der Waals surface area contributed by atoms with Gasteiger partial charge in [0.1, 0.15) is 11.5 Å². The Kier molecular flexibility index (Phi) is 4.57. The molecule has 5 rings (SSSR count). The number of hydrogen-bond donors (Lipinski definition) is 1. The summed E-state index contributed by atoms with van der Waals surface area (Å²) in [4.78, 5) is 20.4. The summed E-state index contributed by atoms with van der Waals surface area (Å²) in [7, 11) is 0. The molecule has 0 bridgehead atoms. The summed E-state index contributed by atoms with van der Waals surface area (Å²) in [6, 6.07) is 5.88. The Bertz CT molecular complexity index is 927. The van der Waals surface area contributed by atoms with Gasteiger partial charge in [0.05, 0.1) is 10.7 Å². The van der Waals surface area contributed by atoms with Gasteiger partial charge in [-0.2, -0.15) is 0 Å². The van der Waals surface area contributed by atoms with Gasteiger partial charge in [0.15, 0.2) is 5.82 Å². The van der Waals surface area contributed by atoms with Crippen LogP contribution < -0.4 is 5.32 Å². The molecule has 2 aliphatic rings. The minimum Gasteiger partial charge on any atom is -0.369 e. The third-order valence-electron chi connectivity index (χ3n) is 5.35. The lowest BCUT2D eigenvalue weighted by molar-refractivity contribution is 0.680.